The molecule has 0 fully saturated rings. The van der Waals surface area contributed by atoms with Gasteiger partial charge in [-0.2, -0.15) is 0 Å². The van der Waals surface area contributed by atoms with Gasteiger partial charge >= 0.3 is 12.0 Å². The summed E-state index contributed by atoms with van der Waals surface area (Å²) in [4.78, 5) is 25.5. The summed E-state index contributed by atoms with van der Waals surface area (Å²) in [5.74, 6) is -0.903. The Labute approximate surface area is 153 Å². The number of esters is 1. The Kier molecular flexibility index (Phi) is 6.14. The fourth-order valence-corrected chi connectivity index (χ4v) is 2.50. The molecule has 0 saturated heterocycles. The number of halogens is 2. The van der Waals surface area contributed by atoms with Gasteiger partial charge < -0.3 is 10.1 Å². The van der Waals surface area contributed by atoms with Crippen molar-refractivity contribution in [3.05, 3.63) is 58.3 Å². The summed E-state index contributed by atoms with van der Waals surface area (Å²) in [6, 6.07) is 10.1. The summed E-state index contributed by atoms with van der Waals surface area (Å²) in [7, 11) is 1.64. The van der Waals surface area contributed by atoms with Crippen molar-refractivity contribution in [3.8, 4) is 5.75 Å². The summed E-state index contributed by atoms with van der Waals surface area (Å²) in [6.07, 6.45) is 0. The molecule has 0 unspecified atom stereocenters. The van der Waals surface area contributed by atoms with E-state index in [2.05, 4.69) is 21.2 Å². The topological polar surface area (TPSA) is 58.6 Å². The van der Waals surface area contributed by atoms with Gasteiger partial charge in [-0.05, 0) is 56.3 Å². The third-order valence-electron chi connectivity index (χ3n) is 3.25. The Hall–Kier alpha value is -2.41. The highest BCUT2D eigenvalue weighted by atomic mass is 79.9. The smallest absolute Gasteiger partial charge is 0.343 e. The van der Waals surface area contributed by atoms with Crippen LogP contribution in [0.5, 0.6) is 5.75 Å². The Morgan fingerprint density at radius 2 is 1.80 bits per heavy atom. The highest BCUT2D eigenvalue weighted by Crippen LogP contribution is 2.21. The van der Waals surface area contributed by atoms with Gasteiger partial charge in [0.25, 0.3) is 0 Å². The van der Waals surface area contributed by atoms with Gasteiger partial charge in [0.15, 0.2) is 0 Å². The van der Waals surface area contributed by atoms with Crippen molar-refractivity contribution in [2.75, 3.05) is 11.9 Å². The number of hydrogen-bond acceptors (Lipinski definition) is 3. The molecule has 0 atom stereocenters. The molecule has 2 aromatic carbocycles. The first kappa shape index (κ1) is 18.9. The monoisotopic (exact) mass is 408 g/mol. The largest absolute Gasteiger partial charge is 0.423 e. The van der Waals surface area contributed by atoms with E-state index in [1.165, 1.54) is 17.0 Å². The molecule has 0 aliphatic rings. The Morgan fingerprint density at radius 3 is 2.36 bits per heavy atom. The maximum absolute atomic E-state index is 13.4. The van der Waals surface area contributed by atoms with Crippen molar-refractivity contribution in [3.63, 3.8) is 0 Å². The maximum atomic E-state index is 13.4. The Morgan fingerprint density at radius 1 is 1.16 bits per heavy atom. The predicted octanol–water partition coefficient (Wildman–Crippen LogP) is 4.36. The standard InChI is InChI=1S/C18H18BrFN2O3/c1-11(2)21-18(24)22(3)15-4-6-16(7-5-15)25-17(23)12-8-13(19)10-14(20)9-12/h4-11H,1-3H3,(H,21,24). The third kappa shape index (κ3) is 5.29. The van der Waals surface area contributed by atoms with Crippen LogP contribution in [0.2, 0.25) is 0 Å². The first-order valence-corrected chi connectivity index (χ1v) is 8.38. The number of amides is 2. The number of ether oxygens (including phenoxy) is 1. The van der Waals surface area contributed by atoms with E-state index < -0.39 is 11.8 Å². The molecule has 0 aromatic heterocycles. The molecule has 132 valence electrons. The van der Waals surface area contributed by atoms with Gasteiger partial charge in [-0.15, -0.1) is 0 Å². The van der Waals surface area contributed by atoms with Crippen LogP contribution >= 0.6 is 15.9 Å². The fraction of sp³-hybridized carbons (Fsp3) is 0.222. The van der Waals surface area contributed by atoms with Crippen molar-refractivity contribution in [2.24, 2.45) is 0 Å². The van der Waals surface area contributed by atoms with E-state index in [9.17, 15) is 14.0 Å². The molecule has 0 heterocycles. The normalized spacial score (nSPS) is 10.5. The molecule has 0 spiro atoms. The van der Waals surface area contributed by atoms with Crippen LogP contribution in [0, 0.1) is 5.82 Å². The van der Waals surface area contributed by atoms with Gasteiger partial charge in [-0.25, -0.2) is 14.0 Å². The molecular formula is C18H18BrFN2O3. The summed E-state index contributed by atoms with van der Waals surface area (Å²) in [5, 5.41) is 2.78. The summed E-state index contributed by atoms with van der Waals surface area (Å²) < 4.78 is 19.0. The SMILES string of the molecule is CC(C)NC(=O)N(C)c1ccc(OC(=O)c2cc(F)cc(Br)c2)cc1. The van der Waals surface area contributed by atoms with Crippen molar-refractivity contribution in [1.82, 2.24) is 5.32 Å². The van der Waals surface area contributed by atoms with Crippen molar-refractivity contribution >= 4 is 33.6 Å². The van der Waals surface area contributed by atoms with Crippen LogP contribution in [0.4, 0.5) is 14.9 Å². The lowest BCUT2D eigenvalue weighted by atomic mass is 10.2. The number of benzene rings is 2. The third-order valence-corrected chi connectivity index (χ3v) is 3.71. The van der Waals surface area contributed by atoms with Crippen LogP contribution < -0.4 is 15.0 Å². The highest BCUT2D eigenvalue weighted by Gasteiger charge is 2.14. The van der Waals surface area contributed by atoms with Gasteiger partial charge in [-0.1, -0.05) is 15.9 Å². The number of nitrogens with zero attached hydrogens (tertiary/aromatic N) is 1. The predicted molar refractivity (Wildman–Crippen MR) is 97.6 cm³/mol. The number of nitrogens with one attached hydrogen (secondary N) is 1. The van der Waals surface area contributed by atoms with Gasteiger partial charge in [0.05, 0.1) is 5.56 Å². The molecule has 0 saturated carbocycles. The maximum Gasteiger partial charge on any atom is 0.343 e. The van der Waals surface area contributed by atoms with Crippen molar-refractivity contribution in [2.45, 2.75) is 19.9 Å². The molecule has 7 heteroatoms. The molecule has 2 aromatic rings. The zero-order valence-corrected chi connectivity index (χ0v) is 15.6. The highest BCUT2D eigenvalue weighted by molar-refractivity contribution is 9.10. The van der Waals surface area contributed by atoms with E-state index in [0.29, 0.717) is 15.9 Å². The zero-order chi connectivity index (χ0) is 18.6. The fourth-order valence-electron chi connectivity index (χ4n) is 2.04. The molecule has 0 aliphatic carbocycles. The number of carbonyl (C=O) groups is 2. The van der Waals surface area contributed by atoms with Gasteiger partial charge in [-0.3, -0.25) is 4.90 Å². The van der Waals surface area contributed by atoms with E-state index in [-0.39, 0.29) is 17.6 Å². The average molecular weight is 409 g/mol. The molecule has 0 bridgehead atoms. The first-order chi connectivity index (χ1) is 11.8. The molecule has 2 rings (SSSR count). The van der Waals surface area contributed by atoms with Gasteiger partial charge in [0.1, 0.15) is 11.6 Å². The van der Waals surface area contributed by atoms with E-state index in [4.69, 9.17) is 4.74 Å². The van der Waals surface area contributed by atoms with Gasteiger partial charge in [0, 0.05) is 23.2 Å². The minimum atomic E-state index is -0.668. The first-order valence-electron chi connectivity index (χ1n) is 7.59. The van der Waals surface area contributed by atoms with Crippen LogP contribution in [0.3, 0.4) is 0 Å². The van der Waals surface area contributed by atoms with E-state index >= 15 is 0 Å². The van der Waals surface area contributed by atoms with Crippen LogP contribution in [0.15, 0.2) is 46.9 Å². The van der Waals surface area contributed by atoms with Crippen molar-refractivity contribution in [1.29, 1.82) is 0 Å². The lowest BCUT2D eigenvalue weighted by Gasteiger charge is -2.20. The van der Waals surface area contributed by atoms with Crippen molar-refractivity contribution < 1.29 is 18.7 Å². The quantitative estimate of drug-likeness (QED) is 0.603. The number of carbonyl (C=O) groups excluding carboxylic acids is 2. The molecule has 5 nitrogen and oxygen atoms in total. The molecule has 2 amide bonds. The number of urea groups is 1. The minimum absolute atomic E-state index is 0.0285. The Bertz CT molecular complexity index is 758. The lowest BCUT2D eigenvalue weighted by Crippen LogP contribution is -2.40. The second-order valence-corrected chi connectivity index (χ2v) is 6.62. The minimum Gasteiger partial charge on any atom is -0.423 e. The lowest BCUT2D eigenvalue weighted by molar-refractivity contribution is 0.0734. The Balaban J connectivity index is 2.07. The van der Waals surface area contributed by atoms with Crippen LogP contribution in [-0.2, 0) is 0 Å². The number of rotatable bonds is 4. The number of hydrogen-bond donors (Lipinski definition) is 1. The van der Waals surface area contributed by atoms with E-state index in [0.717, 1.165) is 6.07 Å². The molecule has 0 radical (unpaired) electrons. The van der Waals surface area contributed by atoms with E-state index in [1.54, 1.807) is 31.3 Å². The molecular weight excluding hydrogens is 391 g/mol. The van der Waals surface area contributed by atoms with E-state index in [1.807, 2.05) is 13.8 Å². The van der Waals surface area contributed by atoms with Gasteiger partial charge in [0.2, 0.25) is 0 Å². The second kappa shape index (κ2) is 8.11. The second-order valence-electron chi connectivity index (χ2n) is 5.70. The summed E-state index contributed by atoms with van der Waals surface area (Å²) in [6.45, 7) is 3.75. The van der Waals surface area contributed by atoms with Crippen LogP contribution in [0.25, 0.3) is 0 Å². The van der Waals surface area contributed by atoms with Crippen LogP contribution in [0.1, 0.15) is 24.2 Å². The summed E-state index contributed by atoms with van der Waals surface area (Å²) in [5.41, 5.74) is 0.746. The summed E-state index contributed by atoms with van der Waals surface area (Å²) >= 11 is 3.13. The average Bonchev–Trinajstić information content (AvgIpc) is 2.53. The molecule has 25 heavy (non-hydrogen) atoms. The van der Waals surface area contributed by atoms with Crippen LogP contribution in [-0.4, -0.2) is 25.1 Å². The zero-order valence-electron chi connectivity index (χ0n) is 14.0. The number of anilines is 1. The molecule has 1 N–H and O–H groups in total. The molecule has 0 aliphatic heterocycles.